The Morgan fingerprint density at radius 3 is 2.68 bits per heavy atom. The number of aromatic nitrogens is 4. The van der Waals surface area contributed by atoms with Crippen LogP contribution in [0, 0.1) is 6.92 Å². The maximum absolute atomic E-state index is 12.8. The lowest BCUT2D eigenvalue weighted by Gasteiger charge is -2.31. The van der Waals surface area contributed by atoms with Crippen molar-refractivity contribution in [3.8, 4) is 5.75 Å². The minimum absolute atomic E-state index is 0.0891. The SMILES string of the molecule is Cc1cc(C(F)(F)F)nn1CC(=O)N1CCC(c2nc(NC(=O)c3ncccc3O)cs2)CC1. The van der Waals surface area contributed by atoms with E-state index < -0.39 is 17.8 Å². The number of aryl methyl sites for hydroxylation is 1. The zero-order valence-electron chi connectivity index (χ0n) is 18.0. The van der Waals surface area contributed by atoms with E-state index in [1.807, 2.05) is 0 Å². The first-order valence-electron chi connectivity index (χ1n) is 10.4. The Morgan fingerprint density at radius 2 is 2.03 bits per heavy atom. The van der Waals surface area contributed by atoms with E-state index in [0.717, 1.165) is 15.8 Å². The molecule has 1 aliphatic rings. The number of carbonyl (C=O) groups is 2. The van der Waals surface area contributed by atoms with Gasteiger partial charge in [0.2, 0.25) is 5.91 Å². The average molecular weight is 494 g/mol. The molecular formula is C21H21F3N6O3S. The number of hydrogen-bond acceptors (Lipinski definition) is 7. The van der Waals surface area contributed by atoms with E-state index in [-0.39, 0.29) is 35.5 Å². The largest absolute Gasteiger partial charge is 0.505 e. The van der Waals surface area contributed by atoms with Gasteiger partial charge in [-0.25, -0.2) is 9.97 Å². The van der Waals surface area contributed by atoms with Gasteiger partial charge in [0.25, 0.3) is 5.91 Å². The lowest BCUT2D eigenvalue weighted by Crippen LogP contribution is -2.40. The monoisotopic (exact) mass is 494 g/mol. The van der Waals surface area contributed by atoms with E-state index in [4.69, 9.17) is 0 Å². The summed E-state index contributed by atoms with van der Waals surface area (Å²) in [6.45, 7) is 2.12. The third-order valence-electron chi connectivity index (χ3n) is 5.52. The molecule has 0 bridgehead atoms. The standard InChI is InChI=1S/C21H21F3N6O3S/c1-12-9-15(21(22,23)24)28-30(12)10-17(32)29-7-4-13(5-8-29)20-27-16(11-34-20)26-19(33)18-14(31)3-2-6-25-18/h2-3,6,9,11,13,31H,4-5,7-8,10H2,1H3,(H,26,33). The van der Waals surface area contributed by atoms with Gasteiger partial charge in [-0.15, -0.1) is 11.3 Å². The molecule has 3 aromatic rings. The summed E-state index contributed by atoms with van der Waals surface area (Å²) in [5.41, 5.74) is -0.841. The van der Waals surface area contributed by atoms with Crippen molar-refractivity contribution in [3.63, 3.8) is 0 Å². The van der Waals surface area contributed by atoms with Crippen LogP contribution in [0.2, 0.25) is 0 Å². The molecule has 34 heavy (non-hydrogen) atoms. The molecule has 0 radical (unpaired) electrons. The highest BCUT2D eigenvalue weighted by molar-refractivity contribution is 7.10. The molecule has 4 heterocycles. The Labute approximate surface area is 196 Å². The Balaban J connectivity index is 1.32. The van der Waals surface area contributed by atoms with E-state index >= 15 is 0 Å². The molecule has 2 N–H and O–H groups in total. The topological polar surface area (TPSA) is 113 Å². The second-order valence-electron chi connectivity index (χ2n) is 7.88. The quantitative estimate of drug-likeness (QED) is 0.562. The third kappa shape index (κ3) is 5.19. The summed E-state index contributed by atoms with van der Waals surface area (Å²) in [5, 5.41) is 18.4. The number of nitrogens with one attached hydrogen (secondary N) is 1. The van der Waals surface area contributed by atoms with E-state index in [9.17, 15) is 27.9 Å². The fraction of sp³-hybridized carbons (Fsp3) is 0.381. The normalized spacial score (nSPS) is 14.9. The lowest BCUT2D eigenvalue weighted by molar-refractivity contribution is -0.142. The second-order valence-corrected chi connectivity index (χ2v) is 8.77. The Kier molecular flexibility index (Phi) is 6.55. The van der Waals surface area contributed by atoms with Crippen LogP contribution in [-0.4, -0.2) is 54.7 Å². The molecule has 13 heteroatoms. The first-order chi connectivity index (χ1) is 16.1. The van der Waals surface area contributed by atoms with Crippen molar-refractivity contribution in [2.75, 3.05) is 18.4 Å². The third-order valence-corrected chi connectivity index (χ3v) is 6.53. The molecule has 0 aliphatic carbocycles. The Bertz CT molecular complexity index is 1200. The van der Waals surface area contributed by atoms with Crippen LogP contribution in [-0.2, 0) is 17.5 Å². The molecule has 1 aliphatic heterocycles. The first kappa shape index (κ1) is 23.7. The van der Waals surface area contributed by atoms with Gasteiger partial charge in [-0.05, 0) is 38.0 Å². The number of piperidine rings is 1. The molecule has 0 atom stereocenters. The maximum atomic E-state index is 12.8. The van der Waals surface area contributed by atoms with Crippen molar-refractivity contribution < 1.29 is 27.9 Å². The predicted molar refractivity (Wildman–Crippen MR) is 116 cm³/mol. The highest BCUT2D eigenvalue weighted by Crippen LogP contribution is 2.32. The molecule has 2 amide bonds. The smallest absolute Gasteiger partial charge is 0.435 e. The van der Waals surface area contributed by atoms with Crippen LogP contribution in [0.5, 0.6) is 5.75 Å². The molecule has 0 aromatic carbocycles. The summed E-state index contributed by atoms with van der Waals surface area (Å²) in [7, 11) is 0. The van der Waals surface area contributed by atoms with Gasteiger partial charge in [0, 0.05) is 36.3 Å². The van der Waals surface area contributed by atoms with Gasteiger partial charge in [0.1, 0.15) is 18.1 Å². The average Bonchev–Trinajstić information content (AvgIpc) is 3.41. The minimum atomic E-state index is -4.55. The van der Waals surface area contributed by atoms with Crippen LogP contribution in [0.3, 0.4) is 0 Å². The van der Waals surface area contributed by atoms with Crippen LogP contribution in [0.4, 0.5) is 19.0 Å². The molecule has 3 aromatic heterocycles. The zero-order valence-corrected chi connectivity index (χ0v) is 18.9. The molecule has 9 nitrogen and oxygen atoms in total. The molecular weight excluding hydrogens is 473 g/mol. The van der Waals surface area contributed by atoms with Crippen molar-refractivity contribution >= 4 is 29.0 Å². The number of carbonyl (C=O) groups excluding carboxylic acids is 2. The van der Waals surface area contributed by atoms with Crippen LogP contribution in [0.1, 0.15) is 45.6 Å². The first-order valence-corrected chi connectivity index (χ1v) is 11.3. The molecule has 0 spiro atoms. The summed E-state index contributed by atoms with van der Waals surface area (Å²) in [5.74, 6) is -0.652. The van der Waals surface area contributed by atoms with Crippen molar-refractivity contribution in [3.05, 3.63) is 51.9 Å². The van der Waals surface area contributed by atoms with Gasteiger partial charge in [-0.3, -0.25) is 14.3 Å². The molecule has 4 rings (SSSR count). The fourth-order valence-electron chi connectivity index (χ4n) is 3.69. The highest BCUT2D eigenvalue weighted by Gasteiger charge is 2.35. The summed E-state index contributed by atoms with van der Waals surface area (Å²) in [4.78, 5) is 34.8. The van der Waals surface area contributed by atoms with Gasteiger partial charge < -0.3 is 15.3 Å². The Morgan fingerprint density at radius 1 is 1.29 bits per heavy atom. The van der Waals surface area contributed by atoms with Crippen LogP contribution >= 0.6 is 11.3 Å². The number of thiazole rings is 1. The van der Waals surface area contributed by atoms with Crippen molar-refractivity contribution in [1.29, 1.82) is 0 Å². The lowest BCUT2D eigenvalue weighted by atomic mass is 9.97. The summed E-state index contributed by atoms with van der Waals surface area (Å²) < 4.78 is 39.6. The number of hydrogen-bond donors (Lipinski definition) is 2. The number of nitrogens with zero attached hydrogens (tertiary/aromatic N) is 5. The number of alkyl halides is 3. The summed E-state index contributed by atoms with van der Waals surface area (Å²) in [6.07, 6.45) is -1.88. The number of halogens is 3. The highest BCUT2D eigenvalue weighted by atomic mass is 32.1. The maximum Gasteiger partial charge on any atom is 0.435 e. The van der Waals surface area contributed by atoms with Crippen molar-refractivity contribution in [2.24, 2.45) is 0 Å². The van der Waals surface area contributed by atoms with Crippen LogP contribution in [0.15, 0.2) is 29.8 Å². The number of likely N-dealkylation sites (tertiary alicyclic amines) is 1. The van der Waals surface area contributed by atoms with E-state index in [1.54, 1.807) is 10.3 Å². The van der Waals surface area contributed by atoms with Gasteiger partial charge in [-0.2, -0.15) is 18.3 Å². The Hall–Kier alpha value is -3.48. The summed E-state index contributed by atoms with van der Waals surface area (Å²) in [6, 6.07) is 3.81. The van der Waals surface area contributed by atoms with Gasteiger partial charge in [0.15, 0.2) is 11.4 Å². The van der Waals surface area contributed by atoms with E-state index in [0.29, 0.717) is 31.7 Å². The van der Waals surface area contributed by atoms with Crippen LogP contribution < -0.4 is 5.32 Å². The molecule has 0 unspecified atom stereocenters. The van der Waals surface area contributed by atoms with Gasteiger partial charge in [-0.1, -0.05) is 0 Å². The second kappa shape index (κ2) is 9.41. The van der Waals surface area contributed by atoms with Gasteiger partial charge >= 0.3 is 6.18 Å². The summed E-state index contributed by atoms with van der Waals surface area (Å²) >= 11 is 1.38. The molecule has 180 valence electrons. The minimum Gasteiger partial charge on any atom is -0.505 e. The molecule has 1 saturated heterocycles. The van der Waals surface area contributed by atoms with E-state index in [1.165, 1.54) is 36.6 Å². The van der Waals surface area contributed by atoms with Crippen molar-refractivity contribution in [2.45, 2.75) is 38.4 Å². The zero-order chi connectivity index (χ0) is 24.5. The number of aromatic hydroxyl groups is 1. The van der Waals surface area contributed by atoms with Crippen LogP contribution in [0.25, 0.3) is 0 Å². The van der Waals surface area contributed by atoms with Gasteiger partial charge in [0.05, 0.1) is 5.01 Å². The fourth-order valence-corrected chi connectivity index (χ4v) is 4.62. The number of anilines is 1. The number of pyridine rings is 1. The molecule has 1 fully saturated rings. The molecule has 0 saturated carbocycles. The number of rotatable bonds is 5. The predicted octanol–water partition coefficient (Wildman–Crippen LogP) is 3.43. The van der Waals surface area contributed by atoms with Crippen molar-refractivity contribution in [1.82, 2.24) is 24.6 Å². The van der Waals surface area contributed by atoms with E-state index in [2.05, 4.69) is 20.4 Å². The number of amides is 2.